The van der Waals surface area contributed by atoms with Crippen LogP contribution in [0.25, 0.3) is 0 Å². The normalized spacial score (nSPS) is 43.7. The third kappa shape index (κ3) is 5.19. The number of halogens is 1. The van der Waals surface area contributed by atoms with Gasteiger partial charge in [-0.3, -0.25) is 9.59 Å². The van der Waals surface area contributed by atoms with Gasteiger partial charge in [0.1, 0.15) is 12.2 Å². The second-order valence-electron chi connectivity index (χ2n) is 10.3. The zero-order valence-electron chi connectivity index (χ0n) is 18.8. The second-order valence-corrected chi connectivity index (χ2v) is 11.3. The van der Waals surface area contributed by atoms with Crippen LogP contribution in [0.4, 0.5) is 4.39 Å². The number of Topliss-reactive ketones (excluding diaryl/α,β-unsaturated/α-hetero) is 1. The number of carbonyl (C=O) groups is 2. The summed E-state index contributed by atoms with van der Waals surface area (Å²) in [7, 11) is -4.64. The molecule has 8 atom stereocenters. The molecule has 190 valence electrons. The van der Waals surface area contributed by atoms with Gasteiger partial charge >= 0.3 is 66.9 Å². The van der Waals surface area contributed by atoms with Crippen molar-refractivity contribution in [3.8, 4) is 0 Å². The molecule has 0 aromatic rings. The van der Waals surface area contributed by atoms with Crippen LogP contribution in [0, 0.1) is 28.6 Å². The Hall–Kier alpha value is 0.740. The van der Waals surface area contributed by atoms with E-state index in [9.17, 15) is 24.9 Å². The molecule has 4 aliphatic carbocycles. The first-order valence-corrected chi connectivity index (χ1v) is 12.5. The number of carbonyl (C=O) groups excluding carboxylic acids is 2. The molecule has 0 aliphatic heterocycles. The maximum atomic E-state index is 16.9. The minimum absolute atomic E-state index is 0. The summed E-state index contributed by atoms with van der Waals surface area (Å²) in [5.41, 5.74) is -5.17. The number of aliphatic hydroxyl groups is 3. The third-order valence-corrected chi connectivity index (χ3v) is 8.79. The molecule has 13 heteroatoms. The van der Waals surface area contributed by atoms with Gasteiger partial charge in [-0.05, 0) is 56.6 Å². The predicted molar refractivity (Wildman–Crippen MR) is 129 cm³/mol. The zero-order valence-corrected chi connectivity index (χ0v) is 19.7. The fourth-order valence-corrected chi connectivity index (χ4v) is 7.26. The minimum atomic E-state index is -4.64. The van der Waals surface area contributed by atoms with Gasteiger partial charge in [-0.1, -0.05) is 25.5 Å². The predicted octanol–water partition coefficient (Wildman–Crippen LogP) is -0.330. The van der Waals surface area contributed by atoms with Crippen molar-refractivity contribution in [1.82, 2.24) is 0 Å². The van der Waals surface area contributed by atoms with E-state index in [0.29, 0.717) is 24.8 Å². The summed E-state index contributed by atoms with van der Waals surface area (Å²) in [6.07, 6.45) is 4.44. The van der Waals surface area contributed by atoms with Crippen molar-refractivity contribution in [2.24, 2.45) is 28.6 Å². The molecule has 0 spiro atoms. The molecule has 0 heterocycles. The van der Waals surface area contributed by atoms with E-state index in [2.05, 4.69) is 0 Å². The van der Waals surface area contributed by atoms with Crippen LogP contribution >= 0.6 is 7.82 Å². The summed E-state index contributed by atoms with van der Waals surface area (Å²) in [6.45, 7) is 4.48. The summed E-state index contributed by atoms with van der Waals surface area (Å²) in [5, 5.41) is 32.0. The standard InChI is InChI=1S/C22H29FO5.2Na.H3O4P.2H/c1-12-8-16-15-5-4-13-9-14(25)6-7-19(13,2)21(15,23)17(26)10-20(16,3)22(12,28)18(27)11-24;;;1-5(2,3)4;;/h6-7,9,12,15-17,24,26,28H,4-5,8,10-11H2,1-3H3;;;(H3,1,2,3,4);;/t12-,15+,16+,17+,19+,20+,21+,22+;;;;;/m1...../s1. The van der Waals surface area contributed by atoms with Crippen molar-refractivity contribution in [3.63, 3.8) is 0 Å². The molecule has 3 saturated carbocycles. The summed E-state index contributed by atoms with van der Waals surface area (Å²) in [4.78, 5) is 45.9. The van der Waals surface area contributed by atoms with Crippen LogP contribution in [0.5, 0.6) is 0 Å². The first-order valence-electron chi connectivity index (χ1n) is 10.9. The van der Waals surface area contributed by atoms with Gasteiger partial charge < -0.3 is 30.0 Å². The Morgan fingerprint density at radius 1 is 1.20 bits per heavy atom. The molecular weight excluding hydrogens is 504 g/mol. The molecule has 6 N–H and O–H groups in total. The molecule has 0 aromatic heterocycles. The molecule has 0 radical (unpaired) electrons. The average molecular weight is 538 g/mol. The number of allylic oxidation sites excluding steroid dienone is 4. The van der Waals surface area contributed by atoms with Crippen LogP contribution in [-0.2, 0) is 14.2 Å². The van der Waals surface area contributed by atoms with Crippen LogP contribution in [0.2, 0.25) is 0 Å². The van der Waals surface area contributed by atoms with Crippen molar-refractivity contribution in [1.29, 1.82) is 0 Å². The van der Waals surface area contributed by atoms with Gasteiger partial charge in [-0.25, -0.2) is 8.96 Å². The number of fused-ring (bicyclic) bond motifs is 5. The van der Waals surface area contributed by atoms with Crippen molar-refractivity contribution >= 4 is 78.5 Å². The molecule has 35 heavy (non-hydrogen) atoms. The Balaban J connectivity index is 0.000000798. The van der Waals surface area contributed by atoms with E-state index >= 15 is 4.39 Å². The van der Waals surface area contributed by atoms with Gasteiger partial charge in [0, 0.05) is 16.7 Å². The Morgan fingerprint density at radius 2 is 1.74 bits per heavy atom. The van der Waals surface area contributed by atoms with Crippen LogP contribution in [0.1, 0.15) is 46.5 Å². The zero-order chi connectivity index (χ0) is 25.2. The van der Waals surface area contributed by atoms with Gasteiger partial charge in [0.05, 0.1) is 6.10 Å². The quantitative estimate of drug-likeness (QED) is 0.203. The van der Waals surface area contributed by atoms with E-state index in [1.54, 1.807) is 26.8 Å². The van der Waals surface area contributed by atoms with E-state index in [0.717, 1.165) is 0 Å². The van der Waals surface area contributed by atoms with E-state index in [-0.39, 0.29) is 77.2 Å². The molecule has 0 aromatic carbocycles. The van der Waals surface area contributed by atoms with Crippen molar-refractivity contribution < 1.29 is 48.5 Å². The summed E-state index contributed by atoms with van der Waals surface area (Å²) >= 11 is 0. The molecular formula is C22H34FNa2O9P. The number of rotatable bonds is 2. The van der Waals surface area contributed by atoms with E-state index in [4.69, 9.17) is 19.2 Å². The summed E-state index contributed by atoms with van der Waals surface area (Å²) in [5.74, 6) is -2.12. The Kier molecular flexibility index (Phi) is 10.7. The first-order chi connectivity index (χ1) is 15.0. The molecule has 4 rings (SSSR count). The van der Waals surface area contributed by atoms with Gasteiger partial charge in [0.15, 0.2) is 17.2 Å². The summed E-state index contributed by atoms with van der Waals surface area (Å²) < 4.78 is 25.7. The van der Waals surface area contributed by atoms with Crippen LogP contribution in [0.3, 0.4) is 0 Å². The SMILES string of the molecule is C[C@@H]1C[C@H]2[C@@H]3CCC4=CC(=O)C=C[C@]4(C)[C@@]3(F)[C@@H](O)C[C@]2(C)[C@@]1(O)C(=O)CO.O=P(O)(O)O.[NaH].[NaH]. The van der Waals surface area contributed by atoms with E-state index in [1.165, 1.54) is 12.2 Å². The van der Waals surface area contributed by atoms with Crippen molar-refractivity contribution in [2.75, 3.05) is 6.61 Å². The molecule has 0 bridgehead atoms. The fraction of sp³-hybridized carbons (Fsp3) is 0.727. The summed E-state index contributed by atoms with van der Waals surface area (Å²) in [6, 6.07) is 0. The van der Waals surface area contributed by atoms with Crippen LogP contribution < -0.4 is 0 Å². The monoisotopic (exact) mass is 538 g/mol. The number of aliphatic hydroxyl groups excluding tert-OH is 2. The molecule has 9 nitrogen and oxygen atoms in total. The number of phosphoric acid groups is 1. The molecule has 3 fully saturated rings. The fourth-order valence-electron chi connectivity index (χ4n) is 7.26. The van der Waals surface area contributed by atoms with E-state index in [1.807, 2.05) is 0 Å². The number of ketones is 2. The van der Waals surface area contributed by atoms with Gasteiger partial charge in [-0.2, -0.15) is 0 Å². The van der Waals surface area contributed by atoms with Crippen molar-refractivity contribution in [3.05, 3.63) is 23.8 Å². The molecule has 4 aliphatic rings. The Morgan fingerprint density at radius 3 is 2.26 bits per heavy atom. The molecule has 0 amide bonds. The third-order valence-electron chi connectivity index (χ3n) is 8.79. The van der Waals surface area contributed by atoms with Gasteiger partial charge in [0.25, 0.3) is 0 Å². The van der Waals surface area contributed by atoms with Gasteiger partial charge in [0.2, 0.25) is 0 Å². The Labute approximate surface area is 248 Å². The number of hydrogen-bond acceptors (Lipinski definition) is 6. The maximum absolute atomic E-state index is 16.9. The second kappa shape index (κ2) is 11.1. The topological polar surface area (TPSA) is 173 Å². The number of hydrogen-bond donors (Lipinski definition) is 6. The van der Waals surface area contributed by atoms with Gasteiger partial charge in [-0.15, -0.1) is 0 Å². The van der Waals surface area contributed by atoms with Crippen LogP contribution in [-0.4, -0.2) is 125 Å². The average Bonchev–Trinajstić information content (AvgIpc) is 2.89. The molecule has 0 saturated heterocycles. The van der Waals surface area contributed by atoms with Crippen molar-refractivity contribution in [2.45, 2.75) is 63.8 Å². The van der Waals surface area contributed by atoms with E-state index < -0.39 is 60.3 Å². The Bertz CT molecular complexity index is 962. The first kappa shape index (κ1) is 33.8. The molecule has 0 unspecified atom stereocenters. The number of alkyl halides is 1. The van der Waals surface area contributed by atoms with Crippen LogP contribution in [0.15, 0.2) is 23.8 Å².